The molecule has 0 aromatic heterocycles. The molecule has 24 heavy (non-hydrogen) atoms. The van der Waals surface area contributed by atoms with Crippen molar-refractivity contribution in [1.82, 2.24) is 0 Å². The van der Waals surface area contributed by atoms with Crippen LogP contribution in [0.25, 0.3) is 0 Å². The molecule has 136 valence electrons. The molecule has 4 rings (SSSR count). The summed E-state index contributed by atoms with van der Waals surface area (Å²) in [4.78, 5) is 0. The second-order valence-electron chi connectivity index (χ2n) is 8.70. The van der Waals surface area contributed by atoms with Crippen LogP contribution in [0.2, 0.25) is 0 Å². The predicted molar refractivity (Wildman–Crippen MR) is 91.3 cm³/mol. The van der Waals surface area contributed by atoms with E-state index in [1.807, 2.05) is 6.08 Å². The minimum atomic E-state index is -0.410. The average Bonchev–Trinajstić information content (AvgIpc) is 3.23. The molecule has 0 aromatic rings. The third-order valence-corrected chi connectivity index (χ3v) is 7.40. The topological polar surface area (TPSA) is 58.9 Å². The van der Waals surface area contributed by atoms with Crippen LogP contribution in [0, 0.1) is 23.2 Å². The first kappa shape index (κ1) is 17.0. The van der Waals surface area contributed by atoms with Gasteiger partial charge in [0.15, 0.2) is 5.79 Å². The molecule has 0 bridgehead atoms. The molecule has 4 fully saturated rings. The van der Waals surface area contributed by atoms with Crippen LogP contribution in [0.15, 0.2) is 12.2 Å². The third-order valence-electron chi connectivity index (χ3n) is 7.40. The molecule has 2 N–H and O–H groups in total. The molecule has 1 saturated heterocycles. The zero-order chi connectivity index (χ0) is 16.8. The molecule has 0 aromatic carbocycles. The molecule has 4 nitrogen and oxygen atoms in total. The van der Waals surface area contributed by atoms with E-state index in [1.54, 1.807) is 0 Å². The van der Waals surface area contributed by atoms with Gasteiger partial charge in [-0.25, -0.2) is 0 Å². The van der Waals surface area contributed by atoms with E-state index in [0.29, 0.717) is 25.0 Å². The van der Waals surface area contributed by atoms with E-state index >= 15 is 0 Å². The van der Waals surface area contributed by atoms with Crippen molar-refractivity contribution in [3.8, 4) is 0 Å². The van der Waals surface area contributed by atoms with Crippen molar-refractivity contribution in [3.63, 3.8) is 0 Å². The van der Waals surface area contributed by atoms with Gasteiger partial charge in [-0.05, 0) is 31.1 Å². The molecule has 0 amide bonds. The van der Waals surface area contributed by atoms with Gasteiger partial charge in [0.25, 0.3) is 0 Å². The number of aliphatic hydroxyl groups excluding tert-OH is 2. The van der Waals surface area contributed by atoms with E-state index < -0.39 is 5.79 Å². The summed E-state index contributed by atoms with van der Waals surface area (Å²) in [6, 6.07) is 0. The highest BCUT2D eigenvalue weighted by Gasteiger charge is 2.69. The van der Waals surface area contributed by atoms with Crippen LogP contribution in [-0.2, 0) is 9.47 Å². The van der Waals surface area contributed by atoms with Gasteiger partial charge in [-0.3, -0.25) is 0 Å². The highest BCUT2D eigenvalue weighted by molar-refractivity contribution is 5.17. The van der Waals surface area contributed by atoms with E-state index in [9.17, 15) is 10.2 Å². The van der Waals surface area contributed by atoms with Crippen molar-refractivity contribution in [2.75, 3.05) is 13.2 Å². The number of ether oxygens (including phenoxy) is 2. The molecule has 1 heterocycles. The Kier molecular flexibility index (Phi) is 4.53. The quantitative estimate of drug-likeness (QED) is 0.775. The lowest BCUT2D eigenvalue weighted by Gasteiger charge is -2.64. The summed E-state index contributed by atoms with van der Waals surface area (Å²) in [6.07, 6.45) is 12.0. The van der Waals surface area contributed by atoms with Gasteiger partial charge in [0.1, 0.15) is 0 Å². The fraction of sp³-hybridized carbons (Fsp3) is 0.900. The van der Waals surface area contributed by atoms with E-state index in [0.717, 1.165) is 25.7 Å². The zero-order valence-corrected chi connectivity index (χ0v) is 14.8. The number of aliphatic hydroxyl groups is 2. The van der Waals surface area contributed by atoms with Crippen molar-refractivity contribution in [1.29, 1.82) is 0 Å². The number of fused-ring (bicyclic) bond motifs is 2. The molecule has 4 heteroatoms. The Labute approximate surface area is 145 Å². The van der Waals surface area contributed by atoms with Crippen molar-refractivity contribution in [3.05, 3.63) is 12.2 Å². The van der Waals surface area contributed by atoms with Gasteiger partial charge in [-0.1, -0.05) is 44.8 Å². The van der Waals surface area contributed by atoms with Crippen molar-refractivity contribution >= 4 is 0 Å². The summed E-state index contributed by atoms with van der Waals surface area (Å²) >= 11 is 0. The molecular weight excluding hydrogens is 304 g/mol. The maximum Gasteiger partial charge on any atom is 0.174 e. The van der Waals surface area contributed by atoms with Crippen LogP contribution in [0.3, 0.4) is 0 Å². The molecule has 5 atom stereocenters. The van der Waals surface area contributed by atoms with Gasteiger partial charge in [-0.15, -0.1) is 0 Å². The maximum absolute atomic E-state index is 10.5. The Morgan fingerprint density at radius 2 is 1.88 bits per heavy atom. The van der Waals surface area contributed by atoms with Gasteiger partial charge in [0, 0.05) is 17.8 Å². The molecule has 3 saturated carbocycles. The molecule has 1 aliphatic heterocycles. The van der Waals surface area contributed by atoms with E-state index in [-0.39, 0.29) is 23.5 Å². The smallest absolute Gasteiger partial charge is 0.174 e. The van der Waals surface area contributed by atoms with Gasteiger partial charge < -0.3 is 19.7 Å². The van der Waals surface area contributed by atoms with Crippen LogP contribution in [0.1, 0.15) is 58.3 Å². The molecule has 0 unspecified atom stereocenters. The minimum absolute atomic E-state index is 0.00581. The molecule has 1 spiro atoms. The lowest BCUT2D eigenvalue weighted by molar-refractivity contribution is -0.344. The van der Waals surface area contributed by atoms with Crippen LogP contribution in [0.4, 0.5) is 0 Å². The fourth-order valence-corrected chi connectivity index (χ4v) is 5.83. The monoisotopic (exact) mass is 336 g/mol. The first-order chi connectivity index (χ1) is 11.5. The van der Waals surface area contributed by atoms with Crippen molar-refractivity contribution in [2.24, 2.45) is 23.2 Å². The lowest BCUT2D eigenvalue weighted by Crippen LogP contribution is -2.67. The Balaban J connectivity index is 1.41. The number of hydrogen-bond donors (Lipinski definition) is 2. The van der Waals surface area contributed by atoms with Crippen LogP contribution in [0.5, 0.6) is 0 Å². The third kappa shape index (κ3) is 2.66. The predicted octanol–water partition coefficient (Wildman–Crippen LogP) is 3.02. The second kappa shape index (κ2) is 6.39. The van der Waals surface area contributed by atoms with Crippen molar-refractivity contribution < 1.29 is 19.7 Å². The Bertz CT molecular complexity index is 478. The van der Waals surface area contributed by atoms with Crippen LogP contribution in [-0.4, -0.2) is 41.4 Å². The largest absolute Gasteiger partial charge is 0.393 e. The van der Waals surface area contributed by atoms with Crippen LogP contribution >= 0.6 is 0 Å². The molecule has 0 radical (unpaired) electrons. The average molecular weight is 336 g/mol. The SMILES string of the molecule is C[C@]12CC[C@@H](O)[C@H](/C=C/[C@@H](O)CC3CCCC3)[C@H]1CC21OCCO1. The molecule has 4 aliphatic rings. The minimum Gasteiger partial charge on any atom is -0.393 e. The molecule has 3 aliphatic carbocycles. The zero-order valence-electron chi connectivity index (χ0n) is 14.8. The first-order valence-electron chi connectivity index (χ1n) is 9.86. The Morgan fingerprint density at radius 3 is 2.58 bits per heavy atom. The normalized spacial score (nSPS) is 43.2. The number of hydrogen-bond acceptors (Lipinski definition) is 4. The summed E-state index contributed by atoms with van der Waals surface area (Å²) in [5, 5.41) is 20.9. The summed E-state index contributed by atoms with van der Waals surface area (Å²) in [5.41, 5.74) is -0.00581. The fourth-order valence-electron chi connectivity index (χ4n) is 5.83. The van der Waals surface area contributed by atoms with E-state index in [4.69, 9.17) is 9.47 Å². The second-order valence-corrected chi connectivity index (χ2v) is 8.70. The summed E-state index contributed by atoms with van der Waals surface area (Å²) in [7, 11) is 0. The van der Waals surface area contributed by atoms with Gasteiger partial charge >= 0.3 is 0 Å². The lowest BCUT2D eigenvalue weighted by atomic mass is 9.47. The van der Waals surface area contributed by atoms with E-state index in [2.05, 4.69) is 13.0 Å². The Hall–Kier alpha value is -0.420. The highest BCUT2D eigenvalue weighted by Crippen LogP contribution is 2.66. The van der Waals surface area contributed by atoms with Crippen LogP contribution < -0.4 is 0 Å². The van der Waals surface area contributed by atoms with Crippen molar-refractivity contribution in [2.45, 2.75) is 76.3 Å². The Morgan fingerprint density at radius 1 is 1.17 bits per heavy atom. The maximum atomic E-state index is 10.5. The van der Waals surface area contributed by atoms with Gasteiger partial charge in [0.05, 0.1) is 25.4 Å². The summed E-state index contributed by atoms with van der Waals surface area (Å²) < 4.78 is 11.9. The van der Waals surface area contributed by atoms with E-state index in [1.165, 1.54) is 25.7 Å². The highest BCUT2D eigenvalue weighted by atomic mass is 16.7. The summed E-state index contributed by atoms with van der Waals surface area (Å²) in [6.45, 7) is 3.63. The van der Waals surface area contributed by atoms with Gasteiger partial charge in [0.2, 0.25) is 0 Å². The number of rotatable bonds is 4. The van der Waals surface area contributed by atoms with Gasteiger partial charge in [-0.2, -0.15) is 0 Å². The first-order valence-corrected chi connectivity index (χ1v) is 9.86. The molecular formula is C20H32O4. The standard InChI is InChI=1S/C20H32O4/c1-19-9-8-18(22)16(17(19)13-20(19)23-10-11-24-20)7-6-15(21)12-14-4-2-3-5-14/h6-7,14-18,21-22H,2-5,8-13H2,1H3/b7-6+/t15-,16-,17-,18-,19+/m1/s1. The summed E-state index contributed by atoms with van der Waals surface area (Å²) in [5.74, 6) is 0.764.